The first kappa shape index (κ1) is 40.6. The molecule has 0 radical (unpaired) electrons. The van der Waals surface area contributed by atoms with Crippen LogP contribution in [-0.2, 0) is 47.5 Å². The summed E-state index contributed by atoms with van der Waals surface area (Å²) in [6.45, 7) is 20.4. The first-order valence-electron chi connectivity index (χ1n) is 15.2. The van der Waals surface area contributed by atoms with E-state index in [0.29, 0.717) is 125 Å². The first-order chi connectivity index (χ1) is 20.0. The Bertz CT molecular complexity index is 639. The number of nitrogens with one attached hydrogen (secondary N) is 2. The van der Waals surface area contributed by atoms with Crippen molar-refractivity contribution in [2.45, 2.75) is 66.3 Å². The molecule has 2 N–H and O–H groups in total. The van der Waals surface area contributed by atoms with Crippen molar-refractivity contribution in [3.8, 4) is 0 Å². The molecule has 0 fully saturated rings. The Morgan fingerprint density at radius 2 is 0.786 bits per heavy atom. The second-order valence-electron chi connectivity index (χ2n) is 11.9. The Morgan fingerprint density at radius 3 is 1.12 bits per heavy atom. The van der Waals surface area contributed by atoms with Crippen molar-refractivity contribution in [2.24, 2.45) is 5.41 Å². The monoisotopic (exact) mass is 608 g/mol. The van der Waals surface area contributed by atoms with E-state index in [9.17, 15) is 9.59 Å². The summed E-state index contributed by atoms with van der Waals surface area (Å²) >= 11 is 0. The van der Waals surface area contributed by atoms with E-state index in [1.54, 1.807) is 0 Å². The number of hydrogen-bond acceptors (Lipinski definition) is 10. The molecule has 0 heterocycles. The molecular weight excluding hydrogens is 548 g/mol. The van der Waals surface area contributed by atoms with Crippen LogP contribution in [0.4, 0.5) is 0 Å². The van der Waals surface area contributed by atoms with Gasteiger partial charge in [0.1, 0.15) is 0 Å². The predicted octanol–water partition coefficient (Wildman–Crippen LogP) is 2.37. The van der Waals surface area contributed by atoms with Crippen molar-refractivity contribution >= 4 is 11.8 Å². The molecule has 0 saturated heterocycles. The summed E-state index contributed by atoms with van der Waals surface area (Å²) in [5.74, 6) is 0.0519. The minimum atomic E-state index is -0.223. The number of carbonyl (C=O) groups excluding carboxylic acids is 2. The zero-order chi connectivity index (χ0) is 31.4. The van der Waals surface area contributed by atoms with E-state index in [-0.39, 0.29) is 22.8 Å². The minimum Gasteiger partial charge on any atom is -0.379 e. The average Bonchev–Trinajstić information content (AvgIpc) is 2.90. The Balaban J connectivity index is 3.17. The molecule has 42 heavy (non-hydrogen) atoms. The minimum absolute atomic E-state index is 0.0153. The molecule has 0 aliphatic heterocycles. The van der Waals surface area contributed by atoms with E-state index in [0.717, 1.165) is 6.42 Å². The van der Waals surface area contributed by atoms with Crippen LogP contribution in [0.15, 0.2) is 0 Å². The molecule has 12 heteroatoms. The molecule has 2 amide bonds. The van der Waals surface area contributed by atoms with Gasteiger partial charge in [0.25, 0.3) is 0 Å². The number of hydrogen-bond donors (Lipinski definition) is 2. The normalized spacial score (nSPS) is 12.0. The summed E-state index contributed by atoms with van der Waals surface area (Å²) in [4.78, 5) is 23.4. The highest BCUT2D eigenvalue weighted by atomic mass is 16.6. The van der Waals surface area contributed by atoms with Gasteiger partial charge in [-0.15, -0.1) is 0 Å². The quantitative estimate of drug-likeness (QED) is 0.122. The second-order valence-corrected chi connectivity index (χ2v) is 11.9. The lowest BCUT2D eigenvalue weighted by Crippen LogP contribution is -2.40. The fourth-order valence-electron chi connectivity index (χ4n) is 3.13. The van der Waals surface area contributed by atoms with Crippen molar-refractivity contribution in [1.82, 2.24) is 10.6 Å². The van der Waals surface area contributed by atoms with Crippen LogP contribution in [0.5, 0.6) is 0 Å². The molecule has 250 valence electrons. The molecule has 0 aromatic carbocycles. The number of amides is 2. The first-order valence-corrected chi connectivity index (χ1v) is 15.2. The van der Waals surface area contributed by atoms with Crippen molar-refractivity contribution in [3.05, 3.63) is 0 Å². The maximum atomic E-state index is 11.7. The van der Waals surface area contributed by atoms with Crippen LogP contribution in [0.3, 0.4) is 0 Å². The third-order valence-electron chi connectivity index (χ3n) is 5.26. The van der Waals surface area contributed by atoms with E-state index >= 15 is 0 Å². The number of rotatable bonds is 29. The molecule has 0 aliphatic rings. The van der Waals surface area contributed by atoms with Gasteiger partial charge in [-0.2, -0.15) is 0 Å². The second kappa shape index (κ2) is 27.2. The van der Waals surface area contributed by atoms with Crippen LogP contribution in [0.25, 0.3) is 0 Å². The Morgan fingerprint density at radius 1 is 0.452 bits per heavy atom. The van der Waals surface area contributed by atoms with E-state index in [1.165, 1.54) is 0 Å². The lowest BCUT2D eigenvalue weighted by atomic mass is 9.90. The van der Waals surface area contributed by atoms with Gasteiger partial charge in [0.2, 0.25) is 11.8 Å². The number of carbonyl (C=O) groups is 2. The Kier molecular flexibility index (Phi) is 26.3. The van der Waals surface area contributed by atoms with Gasteiger partial charge in [0.15, 0.2) is 0 Å². The van der Waals surface area contributed by atoms with Crippen molar-refractivity contribution < 1.29 is 47.5 Å². The van der Waals surface area contributed by atoms with Crippen LogP contribution < -0.4 is 10.6 Å². The highest BCUT2D eigenvalue weighted by Gasteiger charge is 2.13. The molecule has 0 rings (SSSR count). The molecular formula is C30H60N2O10. The van der Waals surface area contributed by atoms with Crippen molar-refractivity contribution in [3.63, 3.8) is 0 Å². The Hall–Kier alpha value is -1.38. The van der Waals surface area contributed by atoms with Gasteiger partial charge in [0, 0.05) is 24.9 Å². The molecule has 12 nitrogen and oxygen atoms in total. The summed E-state index contributed by atoms with van der Waals surface area (Å²) in [5.41, 5.74) is -0.0568. The van der Waals surface area contributed by atoms with Gasteiger partial charge in [-0.25, -0.2) is 0 Å². The number of ether oxygens (including phenoxy) is 8. The molecule has 0 aliphatic carbocycles. The van der Waals surface area contributed by atoms with E-state index in [2.05, 4.69) is 31.4 Å². The SMILES string of the molecule is CC(C)(C)CCC(=O)NCCOCCOCCOCCOCCOCCOCCOCCOCCC(=O)NC(C)(C)C. The lowest BCUT2D eigenvalue weighted by molar-refractivity contribution is -0.124. The van der Waals surface area contributed by atoms with Gasteiger partial charge in [-0.05, 0) is 32.6 Å². The maximum Gasteiger partial charge on any atom is 0.222 e. The molecule has 0 atom stereocenters. The highest BCUT2D eigenvalue weighted by molar-refractivity contribution is 5.76. The standard InChI is InChI=1S/C30H60N2O10/c1-29(2,3)9-7-27(33)31-10-12-36-14-16-38-18-20-40-22-24-42-26-25-41-23-21-39-19-17-37-15-13-35-11-8-28(34)32-30(4,5)6/h7-26H2,1-6H3,(H,31,33)(H,32,34). The molecule has 0 spiro atoms. The molecule has 0 aromatic heterocycles. The molecule has 0 saturated carbocycles. The predicted molar refractivity (Wildman–Crippen MR) is 161 cm³/mol. The van der Waals surface area contributed by atoms with Crippen LogP contribution in [0.2, 0.25) is 0 Å². The summed E-state index contributed by atoms with van der Waals surface area (Å²) in [7, 11) is 0. The fraction of sp³-hybridized carbons (Fsp3) is 0.933. The summed E-state index contributed by atoms with van der Waals surface area (Å²) in [5, 5.41) is 5.75. The smallest absolute Gasteiger partial charge is 0.222 e. The zero-order valence-electron chi connectivity index (χ0n) is 27.2. The average molecular weight is 609 g/mol. The van der Waals surface area contributed by atoms with Crippen LogP contribution in [-0.4, -0.2) is 130 Å². The van der Waals surface area contributed by atoms with Gasteiger partial charge in [-0.1, -0.05) is 20.8 Å². The van der Waals surface area contributed by atoms with Crippen LogP contribution in [0.1, 0.15) is 60.8 Å². The van der Waals surface area contributed by atoms with E-state index in [1.807, 2.05) is 20.8 Å². The Labute approximate surface area is 254 Å². The molecule has 0 unspecified atom stereocenters. The van der Waals surface area contributed by atoms with Crippen LogP contribution in [0, 0.1) is 5.41 Å². The van der Waals surface area contributed by atoms with Gasteiger partial charge in [0.05, 0.1) is 106 Å². The van der Waals surface area contributed by atoms with Gasteiger partial charge >= 0.3 is 0 Å². The largest absolute Gasteiger partial charge is 0.379 e. The third-order valence-corrected chi connectivity index (χ3v) is 5.26. The van der Waals surface area contributed by atoms with Crippen molar-refractivity contribution in [2.75, 3.05) is 112 Å². The zero-order valence-corrected chi connectivity index (χ0v) is 27.2. The fourth-order valence-corrected chi connectivity index (χ4v) is 3.13. The van der Waals surface area contributed by atoms with Gasteiger partial charge in [-0.3, -0.25) is 9.59 Å². The summed E-state index contributed by atoms with van der Waals surface area (Å²) in [6.07, 6.45) is 1.75. The highest BCUT2D eigenvalue weighted by Crippen LogP contribution is 2.20. The van der Waals surface area contributed by atoms with E-state index in [4.69, 9.17) is 37.9 Å². The van der Waals surface area contributed by atoms with E-state index < -0.39 is 0 Å². The summed E-state index contributed by atoms with van der Waals surface area (Å²) in [6, 6.07) is 0. The van der Waals surface area contributed by atoms with Gasteiger partial charge < -0.3 is 48.5 Å². The molecule has 0 aromatic rings. The van der Waals surface area contributed by atoms with Crippen LogP contribution >= 0.6 is 0 Å². The summed E-state index contributed by atoms with van der Waals surface area (Å²) < 4.78 is 43.6. The maximum absolute atomic E-state index is 11.7. The topological polar surface area (TPSA) is 132 Å². The lowest BCUT2D eigenvalue weighted by Gasteiger charge is -2.20. The molecule has 0 bridgehead atoms. The third kappa shape index (κ3) is 34.8. The van der Waals surface area contributed by atoms with Crippen molar-refractivity contribution in [1.29, 1.82) is 0 Å².